The minimum absolute atomic E-state index is 0.424. The molecule has 0 aromatic heterocycles. The van der Waals surface area contributed by atoms with Gasteiger partial charge in [-0.05, 0) is 18.0 Å². The molecule has 1 rings (SSSR count). The third-order valence-electron chi connectivity index (χ3n) is 1.43. The first-order valence-corrected chi connectivity index (χ1v) is 4.76. The fourth-order valence-electron chi connectivity index (χ4n) is 0.888. The molecule has 0 aliphatic rings. The zero-order valence-electron chi connectivity index (χ0n) is 6.16. The molecule has 2 nitrogen and oxygen atoms in total. The van der Waals surface area contributed by atoms with E-state index in [4.69, 9.17) is 5.11 Å². The maximum atomic E-state index is 10.6. The lowest BCUT2D eigenvalue weighted by Crippen LogP contribution is -2.09. The molecule has 0 spiro atoms. The van der Waals surface area contributed by atoms with Gasteiger partial charge in [0.05, 0.1) is 5.56 Å². The second-order valence-corrected chi connectivity index (χ2v) is 3.14. The monoisotopic (exact) mass is 168 g/mol. The third kappa shape index (κ3) is 1.78. The van der Waals surface area contributed by atoms with Crippen LogP contribution in [0, 0.1) is 0 Å². The summed E-state index contributed by atoms with van der Waals surface area (Å²) >= 11 is 0. The summed E-state index contributed by atoms with van der Waals surface area (Å²) in [7, 11) is 0.541. The Bertz CT molecular complexity index is 271. The number of rotatable bonds is 2. The molecular weight excluding hydrogens is 159 g/mol. The molecule has 1 atom stereocenters. The maximum Gasteiger partial charge on any atom is 0.336 e. The van der Waals surface area contributed by atoms with Gasteiger partial charge in [-0.25, -0.2) is 4.79 Å². The molecule has 1 N–H and O–H groups in total. The van der Waals surface area contributed by atoms with Crippen LogP contribution in [0.4, 0.5) is 0 Å². The van der Waals surface area contributed by atoms with Crippen LogP contribution in [-0.4, -0.2) is 17.7 Å². The summed E-state index contributed by atoms with van der Waals surface area (Å²) in [4.78, 5) is 10.6. The van der Waals surface area contributed by atoms with Gasteiger partial charge in [0.25, 0.3) is 0 Å². The highest BCUT2D eigenvalue weighted by Gasteiger charge is 2.05. The first kappa shape index (κ1) is 8.22. The number of hydrogen-bond donors (Lipinski definition) is 1. The summed E-state index contributed by atoms with van der Waals surface area (Å²) in [6.07, 6.45) is 0. The van der Waals surface area contributed by atoms with Crippen molar-refractivity contribution in [1.82, 2.24) is 0 Å². The Morgan fingerprint density at radius 1 is 1.45 bits per heavy atom. The average Bonchev–Trinajstić information content (AvgIpc) is 2.04. The summed E-state index contributed by atoms with van der Waals surface area (Å²) in [6, 6.07) is 7.08. The van der Waals surface area contributed by atoms with Gasteiger partial charge in [0.15, 0.2) is 0 Å². The van der Waals surface area contributed by atoms with Crippen molar-refractivity contribution >= 4 is 19.9 Å². The van der Waals surface area contributed by atoms with E-state index in [-0.39, 0.29) is 0 Å². The van der Waals surface area contributed by atoms with Crippen LogP contribution in [0.5, 0.6) is 0 Å². The lowest BCUT2D eigenvalue weighted by Gasteiger charge is -2.00. The van der Waals surface area contributed by atoms with Crippen molar-refractivity contribution in [3.8, 4) is 0 Å². The zero-order chi connectivity index (χ0) is 8.27. The first-order chi connectivity index (χ1) is 5.25. The van der Waals surface area contributed by atoms with E-state index in [0.717, 1.165) is 5.30 Å². The molecule has 3 heteroatoms. The van der Waals surface area contributed by atoms with Gasteiger partial charge in [-0.2, -0.15) is 0 Å². The van der Waals surface area contributed by atoms with Crippen molar-refractivity contribution < 1.29 is 9.90 Å². The van der Waals surface area contributed by atoms with Crippen molar-refractivity contribution in [3.63, 3.8) is 0 Å². The van der Waals surface area contributed by atoms with Crippen molar-refractivity contribution in [1.29, 1.82) is 0 Å². The molecule has 0 saturated carbocycles. The third-order valence-corrected chi connectivity index (χ3v) is 2.40. The van der Waals surface area contributed by atoms with Crippen molar-refractivity contribution in [2.45, 2.75) is 0 Å². The average molecular weight is 168 g/mol. The van der Waals surface area contributed by atoms with Crippen LogP contribution in [0.1, 0.15) is 10.4 Å². The van der Waals surface area contributed by atoms with Gasteiger partial charge in [0.1, 0.15) is 0 Å². The minimum Gasteiger partial charge on any atom is -0.478 e. The van der Waals surface area contributed by atoms with Gasteiger partial charge in [0, 0.05) is 0 Å². The van der Waals surface area contributed by atoms with Crippen molar-refractivity contribution in [2.75, 3.05) is 6.66 Å². The number of carboxylic acid groups (broad SMARTS) is 1. The molecule has 0 aliphatic carbocycles. The smallest absolute Gasteiger partial charge is 0.336 e. The Labute approximate surface area is 67.0 Å². The van der Waals surface area contributed by atoms with E-state index in [9.17, 15) is 4.79 Å². The van der Waals surface area contributed by atoms with Gasteiger partial charge >= 0.3 is 5.97 Å². The van der Waals surface area contributed by atoms with Crippen LogP contribution in [-0.2, 0) is 0 Å². The van der Waals surface area contributed by atoms with Crippen molar-refractivity contribution in [2.24, 2.45) is 0 Å². The molecule has 0 saturated heterocycles. The number of benzene rings is 1. The Morgan fingerprint density at radius 3 is 2.55 bits per heavy atom. The standard InChI is InChI=1S/C8H9O2P/c1-11-7-5-3-2-4-6(7)8(9)10/h2-5,11H,1H3,(H,9,10). The Balaban J connectivity index is 3.12. The van der Waals surface area contributed by atoms with Gasteiger partial charge < -0.3 is 5.11 Å². The molecule has 0 aliphatic heterocycles. The SMILES string of the molecule is CPc1ccccc1C(=O)O. The van der Waals surface area contributed by atoms with Gasteiger partial charge in [-0.1, -0.05) is 26.8 Å². The number of carboxylic acids is 1. The van der Waals surface area contributed by atoms with Crippen molar-refractivity contribution in [3.05, 3.63) is 29.8 Å². The van der Waals surface area contributed by atoms with E-state index < -0.39 is 5.97 Å². The molecule has 1 unspecified atom stereocenters. The molecule has 1 aromatic carbocycles. The summed E-state index contributed by atoms with van der Waals surface area (Å²) in [5.41, 5.74) is 0.424. The maximum absolute atomic E-state index is 10.6. The molecule has 0 fully saturated rings. The highest BCUT2D eigenvalue weighted by molar-refractivity contribution is 7.46. The molecule has 11 heavy (non-hydrogen) atoms. The van der Waals surface area contributed by atoms with E-state index in [0.29, 0.717) is 14.1 Å². The Kier molecular flexibility index (Phi) is 2.61. The largest absolute Gasteiger partial charge is 0.478 e. The minimum atomic E-state index is -0.838. The van der Waals surface area contributed by atoms with Crippen LogP contribution in [0.2, 0.25) is 0 Å². The van der Waals surface area contributed by atoms with Crippen LogP contribution < -0.4 is 5.30 Å². The summed E-state index contributed by atoms with van der Waals surface area (Å²) in [6.45, 7) is 1.97. The predicted molar refractivity (Wildman–Crippen MR) is 47.3 cm³/mol. The highest BCUT2D eigenvalue weighted by Crippen LogP contribution is 2.08. The second kappa shape index (κ2) is 3.49. The number of carbonyl (C=O) groups is 1. The normalized spacial score (nSPS) is 10.6. The molecule has 1 aromatic rings. The fourth-order valence-corrected chi connectivity index (χ4v) is 1.61. The molecule has 0 heterocycles. The number of aromatic carboxylic acids is 1. The Hall–Kier alpha value is -0.880. The van der Waals surface area contributed by atoms with E-state index in [2.05, 4.69) is 0 Å². The van der Waals surface area contributed by atoms with E-state index in [1.54, 1.807) is 12.1 Å². The molecule has 58 valence electrons. The van der Waals surface area contributed by atoms with Gasteiger partial charge in [-0.3, -0.25) is 0 Å². The Morgan fingerprint density at radius 2 is 2.09 bits per heavy atom. The topological polar surface area (TPSA) is 37.3 Å². The molecule has 0 bridgehead atoms. The summed E-state index contributed by atoms with van der Waals surface area (Å²) in [5, 5.41) is 9.62. The second-order valence-electron chi connectivity index (χ2n) is 2.10. The summed E-state index contributed by atoms with van der Waals surface area (Å²) < 4.78 is 0. The predicted octanol–water partition coefficient (Wildman–Crippen LogP) is 1.32. The quantitative estimate of drug-likeness (QED) is 0.676. The fraction of sp³-hybridized carbons (Fsp3) is 0.125. The molecular formula is C8H9O2P. The van der Waals surface area contributed by atoms with Crippen LogP contribution in [0.15, 0.2) is 24.3 Å². The number of hydrogen-bond acceptors (Lipinski definition) is 1. The molecule has 0 radical (unpaired) electrons. The van der Waals surface area contributed by atoms with E-state index in [1.165, 1.54) is 0 Å². The van der Waals surface area contributed by atoms with E-state index >= 15 is 0 Å². The van der Waals surface area contributed by atoms with Gasteiger partial charge in [-0.15, -0.1) is 0 Å². The zero-order valence-corrected chi connectivity index (χ0v) is 7.16. The van der Waals surface area contributed by atoms with Gasteiger partial charge in [0.2, 0.25) is 0 Å². The highest BCUT2D eigenvalue weighted by atomic mass is 31.1. The van der Waals surface area contributed by atoms with Crippen LogP contribution in [0.25, 0.3) is 0 Å². The summed E-state index contributed by atoms with van der Waals surface area (Å²) in [5.74, 6) is -0.838. The lowest BCUT2D eigenvalue weighted by atomic mass is 10.2. The first-order valence-electron chi connectivity index (χ1n) is 3.26. The van der Waals surface area contributed by atoms with Crippen LogP contribution >= 0.6 is 8.58 Å². The molecule has 0 amide bonds. The van der Waals surface area contributed by atoms with Crippen LogP contribution in [0.3, 0.4) is 0 Å². The lowest BCUT2D eigenvalue weighted by molar-refractivity contribution is 0.0698. The van der Waals surface area contributed by atoms with E-state index in [1.807, 2.05) is 18.8 Å².